The average Bonchev–Trinajstić information content (AvgIpc) is 2.91. The number of hydrogen-bond acceptors (Lipinski definition) is 3. The predicted octanol–water partition coefficient (Wildman–Crippen LogP) is 2.89. The Morgan fingerprint density at radius 2 is 1.65 bits per heavy atom. The molecule has 0 aliphatic carbocycles. The highest BCUT2D eigenvalue weighted by Crippen LogP contribution is 2.15. The number of para-hydroxylation sites is 2. The molecule has 0 saturated carbocycles. The first-order valence-corrected chi connectivity index (χ1v) is 7.58. The lowest BCUT2D eigenvalue weighted by Crippen LogP contribution is -2.07. The molecule has 100 valence electrons. The number of imidazole rings is 1. The van der Waals surface area contributed by atoms with Crippen molar-refractivity contribution in [3.63, 3.8) is 0 Å². The van der Waals surface area contributed by atoms with E-state index in [-0.39, 0.29) is 0 Å². The van der Waals surface area contributed by atoms with Gasteiger partial charge in [-0.2, -0.15) is 0 Å². The Labute approximate surface area is 117 Å². The topological polar surface area (TPSA) is 52.0 Å². The minimum Gasteiger partial charge on any atom is -0.236 e. The third-order valence-electron chi connectivity index (χ3n) is 2.93. The molecule has 0 bridgehead atoms. The highest BCUT2D eigenvalue weighted by atomic mass is 32.2. The van der Waals surface area contributed by atoms with Gasteiger partial charge in [-0.1, -0.05) is 42.5 Å². The lowest BCUT2D eigenvalue weighted by Gasteiger charge is -2.01. The number of rotatable bonds is 3. The smallest absolute Gasteiger partial charge is 0.236 e. The molecule has 5 heteroatoms. The molecule has 3 rings (SSSR count). The predicted molar refractivity (Wildman–Crippen MR) is 79.5 cm³/mol. The van der Waals surface area contributed by atoms with Crippen molar-refractivity contribution in [2.75, 3.05) is 0 Å². The van der Waals surface area contributed by atoms with Gasteiger partial charge in [0.1, 0.15) is 6.33 Å². The Morgan fingerprint density at radius 1 is 0.950 bits per heavy atom. The summed E-state index contributed by atoms with van der Waals surface area (Å²) in [5, 5.41) is 1.19. The van der Waals surface area contributed by atoms with Crippen LogP contribution in [0, 0.1) is 0 Å². The Kier molecular flexibility index (Phi) is 3.12. The van der Waals surface area contributed by atoms with Gasteiger partial charge in [0, 0.05) is 0 Å². The molecule has 3 aromatic rings. The van der Waals surface area contributed by atoms with Crippen molar-refractivity contribution in [1.29, 1.82) is 0 Å². The summed E-state index contributed by atoms with van der Waals surface area (Å²) in [6.07, 6.45) is 2.90. The molecular weight excluding hydrogens is 272 g/mol. The summed E-state index contributed by atoms with van der Waals surface area (Å²) in [4.78, 5) is 4.09. The fraction of sp³-hybridized carbons (Fsp3) is 0. The quantitative estimate of drug-likeness (QED) is 0.743. The van der Waals surface area contributed by atoms with Crippen LogP contribution in [0.4, 0.5) is 0 Å². The molecule has 0 unspecified atom stereocenters. The molecule has 0 saturated heterocycles. The summed E-state index contributed by atoms with van der Waals surface area (Å²) in [6, 6.07) is 16.4. The fourth-order valence-corrected chi connectivity index (χ4v) is 3.00. The van der Waals surface area contributed by atoms with Crippen LogP contribution in [0.1, 0.15) is 5.56 Å². The van der Waals surface area contributed by atoms with Gasteiger partial charge >= 0.3 is 0 Å². The number of fused-ring (bicyclic) bond motifs is 1. The molecular formula is C15H12N2O2S. The lowest BCUT2D eigenvalue weighted by atomic mass is 10.2. The van der Waals surface area contributed by atoms with Crippen molar-refractivity contribution in [1.82, 2.24) is 8.96 Å². The standard InChI is InChI=1S/C15H12N2O2S/c18-20(19,11-10-13-6-2-1-3-7-13)17-12-16-14-8-4-5-9-15(14)17/h1-12H. The highest BCUT2D eigenvalue weighted by Gasteiger charge is 2.12. The first kappa shape index (κ1) is 12.6. The molecule has 2 aromatic carbocycles. The Morgan fingerprint density at radius 3 is 2.45 bits per heavy atom. The summed E-state index contributed by atoms with van der Waals surface area (Å²) in [6.45, 7) is 0. The highest BCUT2D eigenvalue weighted by molar-refractivity contribution is 7.93. The zero-order valence-corrected chi connectivity index (χ0v) is 11.4. The van der Waals surface area contributed by atoms with E-state index in [2.05, 4.69) is 4.98 Å². The SMILES string of the molecule is O=S(=O)(C=Cc1ccccc1)n1cnc2ccccc21. The third-order valence-corrected chi connectivity index (χ3v) is 4.25. The molecule has 0 amide bonds. The molecule has 0 atom stereocenters. The zero-order chi connectivity index (χ0) is 14.0. The largest absolute Gasteiger partial charge is 0.262 e. The summed E-state index contributed by atoms with van der Waals surface area (Å²) in [5.74, 6) is 0. The van der Waals surface area contributed by atoms with E-state index in [1.165, 1.54) is 15.7 Å². The molecule has 0 N–H and O–H groups in total. The van der Waals surface area contributed by atoms with E-state index in [1.54, 1.807) is 24.3 Å². The van der Waals surface area contributed by atoms with E-state index in [0.29, 0.717) is 11.0 Å². The summed E-state index contributed by atoms with van der Waals surface area (Å²) >= 11 is 0. The van der Waals surface area contributed by atoms with E-state index >= 15 is 0 Å². The summed E-state index contributed by atoms with van der Waals surface area (Å²) in [7, 11) is -3.57. The summed E-state index contributed by atoms with van der Waals surface area (Å²) < 4.78 is 25.8. The van der Waals surface area contributed by atoms with Crippen LogP contribution in [0.25, 0.3) is 17.1 Å². The van der Waals surface area contributed by atoms with Gasteiger partial charge in [0.15, 0.2) is 0 Å². The molecule has 0 aliphatic heterocycles. The minimum atomic E-state index is -3.57. The van der Waals surface area contributed by atoms with E-state index in [0.717, 1.165) is 5.56 Å². The van der Waals surface area contributed by atoms with Crippen LogP contribution in [-0.4, -0.2) is 17.4 Å². The van der Waals surface area contributed by atoms with Crippen LogP contribution < -0.4 is 0 Å². The van der Waals surface area contributed by atoms with Gasteiger partial charge in [0.2, 0.25) is 0 Å². The molecule has 20 heavy (non-hydrogen) atoms. The molecule has 0 spiro atoms. The molecule has 0 radical (unpaired) electrons. The molecule has 1 heterocycles. The second-order valence-corrected chi connectivity index (χ2v) is 5.98. The van der Waals surface area contributed by atoms with Crippen LogP contribution >= 0.6 is 0 Å². The molecule has 4 nitrogen and oxygen atoms in total. The van der Waals surface area contributed by atoms with Crippen LogP contribution in [0.15, 0.2) is 66.3 Å². The van der Waals surface area contributed by atoms with Gasteiger partial charge in [-0.3, -0.25) is 0 Å². The maximum absolute atomic E-state index is 12.3. The Bertz CT molecular complexity index is 865. The maximum atomic E-state index is 12.3. The van der Waals surface area contributed by atoms with Gasteiger partial charge in [0.25, 0.3) is 10.0 Å². The second kappa shape index (κ2) is 4.94. The normalized spacial score (nSPS) is 12.2. The van der Waals surface area contributed by atoms with Crippen LogP contribution in [-0.2, 0) is 10.0 Å². The number of hydrogen-bond donors (Lipinski definition) is 0. The molecule has 0 aliphatic rings. The number of nitrogens with zero attached hydrogens (tertiary/aromatic N) is 2. The third kappa shape index (κ3) is 2.35. The van der Waals surface area contributed by atoms with Crippen LogP contribution in [0.2, 0.25) is 0 Å². The zero-order valence-electron chi connectivity index (χ0n) is 10.5. The van der Waals surface area contributed by atoms with Gasteiger partial charge in [-0.25, -0.2) is 17.4 Å². The molecule has 1 aromatic heterocycles. The van der Waals surface area contributed by atoms with Crippen molar-refractivity contribution in [3.8, 4) is 0 Å². The Balaban J connectivity index is 2.02. The Hall–Kier alpha value is -2.40. The second-order valence-electron chi connectivity index (χ2n) is 4.29. The van der Waals surface area contributed by atoms with E-state index < -0.39 is 10.0 Å². The number of benzene rings is 2. The van der Waals surface area contributed by atoms with Gasteiger partial charge < -0.3 is 0 Å². The first-order valence-electron chi connectivity index (χ1n) is 6.08. The minimum absolute atomic E-state index is 0.574. The number of aromatic nitrogens is 2. The van der Waals surface area contributed by atoms with Crippen molar-refractivity contribution in [3.05, 3.63) is 71.9 Å². The van der Waals surface area contributed by atoms with Crippen LogP contribution in [0.5, 0.6) is 0 Å². The lowest BCUT2D eigenvalue weighted by molar-refractivity contribution is 0.598. The van der Waals surface area contributed by atoms with Gasteiger partial charge in [0.05, 0.1) is 16.4 Å². The average molecular weight is 284 g/mol. The first-order chi connectivity index (χ1) is 9.67. The van der Waals surface area contributed by atoms with Crippen molar-refractivity contribution in [2.45, 2.75) is 0 Å². The van der Waals surface area contributed by atoms with Gasteiger partial charge in [-0.05, 0) is 23.8 Å². The van der Waals surface area contributed by atoms with Crippen molar-refractivity contribution < 1.29 is 8.42 Å². The van der Waals surface area contributed by atoms with Crippen molar-refractivity contribution in [2.24, 2.45) is 0 Å². The maximum Gasteiger partial charge on any atom is 0.262 e. The molecule has 0 fully saturated rings. The fourth-order valence-electron chi connectivity index (χ4n) is 1.93. The van der Waals surface area contributed by atoms with E-state index in [1.807, 2.05) is 36.4 Å². The monoisotopic (exact) mass is 284 g/mol. The van der Waals surface area contributed by atoms with Crippen LogP contribution in [0.3, 0.4) is 0 Å². The van der Waals surface area contributed by atoms with Crippen molar-refractivity contribution >= 4 is 27.1 Å². The summed E-state index contributed by atoms with van der Waals surface area (Å²) in [5.41, 5.74) is 2.06. The van der Waals surface area contributed by atoms with Gasteiger partial charge in [-0.15, -0.1) is 0 Å². The van der Waals surface area contributed by atoms with E-state index in [9.17, 15) is 8.42 Å². The van der Waals surface area contributed by atoms with E-state index in [4.69, 9.17) is 0 Å².